The molecule has 0 saturated carbocycles. The Morgan fingerprint density at radius 2 is 1.95 bits per heavy atom. The summed E-state index contributed by atoms with van der Waals surface area (Å²) in [6.07, 6.45) is 5.43. The maximum Gasteiger partial charge on any atom is 0.138 e. The Morgan fingerprint density at radius 1 is 1.23 bits per heavy atom. The Kier molecular flexibility index (Phi) is 4.65. The van der Waals surface area contributed by atoms with Crippen molar-refractivity contribution >= 4 is 0 Å². The first-order valence-electron chi connectivity index (χ1n) is 7.67. The van der Waals surface area contributed by atoms with Gasteiger partial charge in [0.2, 0.25) is 0 Å². The number of aromatic nitrogens is 5. The zero-order valence-corrected chi connectivity index (χ0v) is 13.1. The van der Waals surface area contributed by atoms with Crippen LogP contribution in [0.15, 0.2) is 25.2 Å². The molecule has 0 radical (unpaired) electrons. The Bertz CT molecular complexity index is 593. The molecule has 1 fully saturated rings. The van der Waals surface area contributed by atoms with E-state index in [1.165, 1.54) is 11.3 Å². The summed E-state index contributed by atoms with van der Waals surface area (Å²) in [5.41, 5.74) is 2.55. The molecule has 2 aromatic rings. The van der Waals surface area contributed by atoms with Crippen LogP contribution in [-0.2, 0) is 19.6 Å². The standard InChI is InChI=1S/C15H23N7/c1-3-4-22-13(2)14(9-18-22)10-20-5-7-21(8-6-20)11-15-16-12-17-19-15/h3,9,12H,1,4-8,10-11H2,2H3,(H,16,17,19). The molecule has 2 aromatic heterocycles. The Balaban J connectivity index is 1.50. The average molecular weight is 301 g/mol. The van der Waals surface area contributed by atoms with Gasteiger partial charge < -0.3 is 0 Å². The molecule has 3 heterocycles. The van der Waals surface area contributed by atoms with Crippen molar-refractivity contribution < 1.29 is 0 Å². The van der Waals surface area contributed by atoms with E-state index in [9.17, 15) is 0 Å². The van der Waals surface area contributed by atoms with Gasteiger partial charge in [-0.25, -0.2) is 4.98 Å². The van der Waals surface area contributed by atoms with Crippen molar-refractivity contribution in [1.82, 2.24) is 34.8 Å². The van der Waals surface area contributed by atoms with Gasteiger partial charge in [0.25, 0.3) is 0 Å². The van der Waals surface area contributed by atoms with Crippen LogP contribution in [-0.4, -0.2) is 60.9 Å². The monoisotopic (exact) mass is 301 g/mol. The van der Waals surface area contributed by atoms with Crippen LogP contribution < -0.4 is 0 Å². The smallest absolute Gasteiger partial charge is 0.138 e. The van der Waals surface area contributed by atoms with E-state index in [0.717, 1.165) is 51.6 Å². The van der Waals surface area contributed by atoms with Crippen LogP contribution in [0.5, 0.6) is 0 Å². The second kappa shape index (κ2) is 6.85. The summed E-state index contributed by atoms with van der Waals surface area (Å²) in [7, 11) is 0. The minimum Gasteiger partial charge on any atom is -0.296 e. The Hall–Kier alpha value is -1.99. The van der Waals surface area contributed by atoms with Crippen molar-refractivity contribution in [3.63, 3.8) is 0 Å². The van der Waals surface area contributed by atoms with Crippen LogP contribution in [0.1, 0.15) is 17.1 Å². The maximum absolute atomic E-state index is 4.42. The predicted octanol–water partition coefficient (Wildman–Crippen LogP) is 0.813. The third-order valence-corrected chi connectivity index (χ3v) is 4.20. The molecule has 0 aliphatic carbocycles. The van der Waals surface area contributed by atoms with E-state index in [1.807, 2.05) is 17.0 Å². The number of nitrogens with one attached hydrogen (secondary N) is 1. The molecule has 0 bridgehead atoms. The zero-order chi connectivity index (χ0) is 15.4. The fourth-order valence-corrected chi connectivity index (χ4v) is 2.81. The van der Waals surface area contributed by atoms with Gasteiger partial charge in [-0.05, 0) is 6.92 Å². The lowest BCUT2D eigenvalue weighted by Gasteiger charge is -2.34. The minimum absolute atomic E-state index is 0.775. The molecular formula is C15H23N7. The van der Waals surface area contributed by atoms with Crippen molar-refractivity contribution in [3.05, 3.63) is 42.3 Å². The minimum atomic E-state index is 0.775. The van der Waals surface area contributed by atoms with Crippen molar-refractivity contribution in [2.75, 3.05) is 26.2 Å². The number of nitrogens with zero attached hydrogens (tertiary/aromatic N) is 6. The van der Waals surface area contributed by atoms with E-state index in [2.05, 4.69) is 43.6 Å². The lowest BCUT2D eigenvalue weighted by Crippen LogP contribution is -2.45. The number of H-pyrrole nitrogens is 1. The molecule has 0 spiro atoms. The molecule has 0 unspecified atom stereocenters. The molecule has 22 heavy (non-hydrogen) atoms. The van der Waals surface area contributed by atoms with Crippen LogP contribution in [0.4, 0.5) is 0 Å². The highest BCUT2D eigenvalue weighted by atomic mass is 15.3. The Labute approximate surface area is 130 Å². The molecule has 1 N–H and O–H groups in total. The lowest BCUT2D eigenvalue weighted by molar-refractivity contribution is 0.120. The van der Waals surface area contributed by atoms with Crippen molar-refractivity contribution in [2.24, 2.45) is 0 Å². The van der Waals surface area contributed by atoms with Gasteiger partial charge in [-0.1, -0.05) is 6.08 Å². The topological polar surface area (TPSA) is 65.9 Å². The molecule has 1 aliphatic heterocycles. The SMILES string of the molecule is C=CCn1ncc(CN2CCN(Cc3ncn[nH]3)CC2)c1C. The highest BCUT2D eigenvalue weighted by molar-refractivity contribution is 5.16. The van der Waals surface area contributed by atoms with E-state index >= 15 is 0 Å². The second-order valence-electron chi connectivity index (χ2n) is 5.71. The Morgan fingerprint density at radius 3 is 2.59 bits per heavy atom. The lowest BCUT2D eigenvalue weighted by atomic mass is 10.2. The molecule has 1 aliphatic rings. The van der Waals surface area contributed by atoms with Crippen LogP contribution >= 0.6 is 0 Å². The predicted molar refractivity (Wildman–Crippen MR) is 84.1 cm³/mol. The first-order valence-corrected chi connectivity index (χ1v) is 7.67. The number of piperazine rings is 1. The van der Waals surface area contributed by atoms with Gasteiger partial charge in [0, 0.05) is 44.0 Å². The highest BCUT2D eigenvalue weighted by Crippen LogP contribution is 2.13. The summed E-state index contributed by atoms with van der Waals surface area (Å²) in [6.45, 7) is 12.8. The molecule has 0 amide bonds. The summed E-state index contributed by atoms with van der Waals surface area (Å²) in [4.78, 5) is 9.08. The summed E-state index contributed by atoms with van der Waals surface area (Å²) < 4.78 is 2.00. The summed E-state index contributed by atoms with van der Waals surface area (Å²) in [5.74, 6) is 0.940. The normalized spacial score (nSPS) is 17.0. The van der Waals surface area contributed by atoms with Crippen LogP contribution in [0.3, 0.4) is 0 Å². The van der Waals surface area contributed by atoms with Gasteiger partial charge in [0.05, 0.1) is 19.3 Å². The first kappa shape index (κ1) is 14.9. The summed E-state index contributed by atoms with van der Waals surface area (Å²) in [5, 5.41) is 11.2. The number of aromatic amines is 1. The van der Waals surface area contributed by atoms with Crippen molar-refractivity contribution in [2.45, 2.75) is 26.6 Å². The van der Waals surface area contributed by atoms with Crippen LogP contribution in [0, 0.1) is 6.92 Å². The average Bonchev–Trinajstić information content (AvgIpc) is 3.14. The van der Waals surface area contributed by atoms with Crippen molar-refractivity contribution in [1.29, 1.82) is 0 Å². The van der Waals surface area contributed by atoms with E-state index in [1.54, 1.807) is 6.33 Å². The van der Waals surface area contributed by atoms with Gasteiger partial charge >= 0.3 is 0 Å². The van der Waals surface area contributed by atoms with Crippen LogP contribution in [0.25, 0.3) is 0 Å². The molecule has 3 rings (SSSR count). The second-order valence-corrected chi connectivity index (χ2v) is 5.71. The number of rotatable bonds is 6. The molecule has 0 atom stereocenters. The number of hydrogen-bond acceptors (Lipinski definition) is 5. The molecule has 118 valence electrons. The van der Waals surface area contributed by atoms with Gasteiger partial charge in [0.15, 0.2) is 0 Å². The quantitative estimate of drug-likeness (QED) is 0.800. The molecular weight excluding hydrogens is 278 g/mol. The third-order valence-electron chi connectivity index (χ3n) is 4.20. The van der Waals surface area contributed by atoms with Crippen LogP contribution in [0.2, 0.25) is 0 Å². The fourth-order valence-electron chi connectivity index (χ4n) is 2.81. The first-order chi connectivity index (χ1) is 10.8. The number of allylic oxidation sites excluding steroid dienone is 1. The van der Waals surface area contributed by atoms with Gasteiger partial charge in [-0.2, -0.15) is 10.2 Å². The summed E-state index contributed by atoms with van der Waals surface area (Å²) >= 11 is 0. The fraction of sp³-hybridized carbons (Fsp3) is 0.533. The highest BCUT2D eigenvalue weighted by Gasteiger charge is 2.19. The van der Waals surface area contributed by atoms with Gasteiger partial charge in [-0.15, -0.1) is 6.58 Å². The molecule has 7 nitrogen and oxygen atoms in total. The van der Waals surface area contributed by atoms with E-state index in [4.69, 9.17) is 0 Å². The molecule has 7 heteroatoms. The molecule has 1 saturated heterocycles. The van der Waals surface area contributed by atoms with Crippen molar-refractivity contribution in [3.8, 4) is 0 Å². The largest absolute Gasteiger partial charge is 0.296 e. The molecule has 0 aromatic carbocycles. The van der Waals surface area contributed by atoms with Gasteiger partial charge in [0.1, 0.15) is 12.2 Å². The maximum atomic E-state index is 4.42. The van der Waals surface area contributed by atoms with E-state index in [-0.39, 0.29) is 0 Å². The van der Waals surface area contributed by atoms with E-state index in [0.29, 0.717) is 0 Å². The van der Waals surface area contributed by atoms with Gasteiger partial charge in [-0.3, -0.25) is 19.6 Å². The number of hydrogen-bond donors (Lipinski definition) is 1. The third kappa shape index (κ3) is 3.42. The van der Waals surface area contributed by atoms with E-state index < -0.39 is 0 Å². The summed E-state index contributed by atoms with van der Waals surface area (Å²) in [6, 6.07) is 0. The zero-order valence-electron chi connectivity index (χ0n) is 13.1.